The van der Waals surface area contributed by atoms with Crippen LogP contribution >= 0.6 is 0 Å². The van der Waals surface area contributed by atoms with Gasteiger partial charge in [-0.2, -0.15) is 4.98 Å². The average molecular weight is 330 g/mol. The molecule has 0 aliphatic carbocycles. The minimum atomic E-state index is -0.926. The van der Waals surface area contributed by atoms with Gasteiger partial charge in [0.25, 0.3) is 0 Å². The highest BCUT2D eigenvalue weighted by atomic mass is 16.4. The highest BCUT2D eigenvalue weighted by Crippen LogP contribution is 2.24. The SMILES string of the molecule is Cc1nc(=O)n(CCC(=O)O)c2ccc(N3CCN(C)CC3)cc12. The van der Waals surface area contributed by atoms with Crippen molar-refractivity contribution in [1.29, 1.82) is 0 Å². The first-order valence-corrected chi connectivity index (χ1v) is 8.12. The number of aliphatic carboxylic acids is 1. The van der Waals surface area contributed by atoms with Gasteiger partial charge in [-0.05, 0) is 32.2 Å². The van der Waals surface area contributed by atoms with E-state index in [1.165, 1.54) is 4.57 Å². The number of carboxylic acids is 1. The molecule has 1 aliphatic heterocycles. The molecule has 0 atom stereocenters. The molecule has 0 saturated carbocycles. The lowest BCUT2D eigenvalue weighted by molar-refractivity contribution is -0.137. The zero-order chi connectivity index (χ0) is 17.3. The third-order valence-corrected chi connectivity index (χ3v) is 4.57. The highest BCUT2D eigenvalue weighted by Gasteiger charge is 2.16. The number of piperazine rings is 1. The Bertz CT molecular complexity index is 822. The Balaban J connectivity index is 2.00. The molecule has 7 heteroatoms. The van der Waals surface area contributed by atoms with E-state index >= 15 is 0 Å². The Labute approximate surface area is 140 Å². The molecule has 0 unspecified atom stereocenters. The van der Waals surface area contributed by atoms with E-state index < -0.39 is 11.7 Å². The summed E-state index contributed by atoms with van der Waals surface area (Å²) in [4.78, 5) is 31.7. The fourth-order valence-corrected chi connectivity index (χ4v) is 3.10. The summed E-state index contributed by atoms with van der Waals surface area (Å²) in [5.41, 5.74) is 2.14. The van der Waals surface area contributed by atoms with E-state index in [1.54, 1.807) is 0 Å². The molecule has 0 amide bonds. The van der Waals surface area contributed by atoms with Gasteiger partial charge in [0.1, 0.15) is 0 Å². The molecule has 2 aromatic rings. The van der Waals surface area contributed by atoms with Crippen LogP contribution in [0.2, 0.25) is 0 Å². The second-order valence-electron chi connectivity index (χ2n) is 6.27. The number of likely N-dealkylation sites (N-methyl/N-ethyl adjacent to an activating group) is 1. The van der Waals surface area contributed by atoms with Crippen LogP contribution in [-0.4, -0.2) is 58.8 Å². The molecule has 7 nitrogen and oxygen atoms in total. The quantitative estimate of drug-likeness (QED) is 0.898. The lowest BCUT2D eigenvalue weighted by Gasteiger charge is -2.34. The summed E-state index contributed by atoms with van der Waals surface area (Å²) < 4.78 is 1.45. The minimum absolute atomic E-state index is 0.0973. The lowest BCUT2D eigenvalue weighted by atomic mass is 10.1. The summed E-state index contributed by atoms with van der Waals surface area (Å²) >= 11 is 0. The zero-order valence-corrected chi connectivity index (χ0v) is 14.0. The van der Waals surface area contributed by atoms with Gasteiger partial charge < -0.3 is 14.9 Å². The number of anilines is 1. The number of rotatable bonds is 4. The number of benzene rings is 1. The normalized spacial score (nSPS) is 15.8. The first-order valence-electron chi connectivity index (χ1n) is 8.12. The van der Waals surface area contributed by atoms with Crippen molar-refractivity contribution in [1.82, 2.24) is 14.5 Å². The molecule has 1 N–H and O–H groups in total. The first kappa shape index (κ1) is 16.4. The van der Waals surface area contributed by atoms with Crippen LogP contribution in [-0.2, 0) is 11.3 Å². The van der Waals surface area contributed by atoms with E-state index in [-0.39, 0.29) is 13.0 Å². The molecule has 1 saturated heterocycles. The second-order valence-corrected chi connectivity index (χ2v) is 6.27. The third kappa shape index (κ3) is 3.26. The minimum Gasteiger partial charge on any atom is -0.481 e. The van der Waals surface area contributed by atoms with Crippen LogP contribution in [0.5, 0.6) is 0 Å². The van der Waals surface area contributed by atoms with Crippen LogP contribution in [0.4, 0.5) is 5.69 Å². The van der Waals surface area contributed by atoms with Crippen molar-refractivity contribution < 1.29 is 9.90 Å². The molecule has 24 heavy (non-hydrogen) atoms. The molecule has 3 rings (SSSR count). The summed E-state index contributed by atoms with van der Waals surface area (Å²) in [6, 6.07) is 5.96. The topological polar surface area (TPSA) is 78.7 Å². The largest absolute Gasteiger partial charge is 0.481 e. The average Bonchev–Trinajstić information content (AvgIpc) is 2.55. The second kappa shape index (κ2) is 6.60. The first-order chi connectivity index (χ1) is 11.5. The van der Waals surface area contributed by atoms with Gasteiger partial charge in [-0.1, -0.05) is 0 Å². The number of aromatic nitrogens is 2. The number of carbonyl (C=O) groups is 1. The molecule has 0 bridgehead atoms. The summed E-state index contributed by atoms with van der Waals surface area (Å²) in [5.74, 6) is -0.926. The number of aryl methyl sites for hydroxylation is 2. The van der Waals surface area contributed by atoms with Crippen LogP contribution in [0.3, 0.4) is 0 Å². The fraction of sp³-hybridized carbons (Fsp3) is 0.471. The van der Waals surface area contributed by atoms with Crippen molar-refractivity contribution in [3.8, 4) is 0 Å². The van der Waals surface area contributed by atoms with Gasteiger partial charge in [0.05, 0.1) is 17.6 Å². The van der Waals surface area contributed by atoms with Crippen LogP contribution in [0, 0.1) is 6.92 Å². The van der Waals surface area contributed by atoms with Gasteiger partial charge in [0.2, 0.25) is 0 Å². The molecule has 2 heterocycles. The van der Waals surface area contributed by atoms with Crippen LogP contribution in [0.25, 0.3) is 10.9 Å². The number of hydrogen-bond acceptors (Lipinski definition) is 5. The van der Waals surface area contributed by atoms with E-state index in [0.717, 1.165) is 42.8 Å². The summed E-state index contributed by atoms with van der Waals surface area (Å²) in [7, 11) is 2.12. The lowest BCUT2D eigenvalue weighted by Crippen LogP contribution is -2.44. The van der Waals surface area contributed by atoms with Gasteiger partial charge in [0.15, 0.2) is 0 Å². The Hall–Kier alpha value is -2.41. The highest BCUT2D eigenvalue weighted by molar-refractivity contribution is 5.85. The molecule has 0 spiro atoms. The van der Waals surface area contributed by atoms with Crippen LogP contribution in [0.1, 0.15) is 12.1 Å². The van der Waals surface area contributed by atoms with Gasteiger partial charge in [-0.25, -0.2) is 4.79 Å². The number of carboxylic acid groups (broad SMARTS) is 1. The van der Waals surface area contributed by atoms with Crippen molar-refractivity contribution in [2.24, 2.45) is 0 Å². The van der Waals surface area contributed by atoms with E-state index in [2.05, 4.69) is 27.9 Å². The Morgan fingerprint density at radius 3 is 2.62 bits per heavy atom. The number of nitrogens with zero attached hydrogens (tertiary/aromatic N) is 4. The van der Waals surface area contributed by atoms with E-state index in [4.69, 9.17) is 5.11 Å². The van der Waals surface area contributed by atoms with Gasteiger partial charge in [-0.3, -0.25) is 9.36 Å². The molecular weight excluding hydrogens is 308 g/mol. The molecule has 0 radical (unpaired) electrons. The Morgan fingerprint density at radius 1 is 1.25 bits per heavy atom. The number of hydrogen-bond donors (Lipinski definition) is 1. The third-order valence-electron chi connectivity index (χ3n) is 4.57. The molecule has 1 aromatic carbocycles. The summed E-state index contributed by atoms with van der Waals surface area (Å²) in [6.07, 6.45) is -0.0973. The predicted molar refractivity (Wildman–Crippen MR) is 92.7 cm³/mol. The standard InChI is InChI=1S/C17H22N4O3/c1-12-14-11-13(20-9-7-19(2)8-10-20)3-4-15(14)21(17(24)18-12)6-5-16(22)23/h3-4,11H,5-10H2,1-2H3,(H,22,23). The smallest absolute Gasteiger partial charge is 0.348 e. The van der Waals surface area contributed by atoms with Crippen LogP contribution in [0.15, 0.2) is 23.0 Å². The summed E-state index contributed by atoms with van der Waals surface area (Å²) in [6.45, 7) is 5.92. The van der Waals surface area contributed by atoms with Crippen molar-refractivity contribution >= 4 is 22.6 Å². The molecule has 1 fully saturated rings. The molecule has 128 valence electrons. The van der Waals surface area contributed by atoms with E-state index in [0.29, 0.717) is 5.69 Å². The maximum absolute atomic E-state index is 12.1. The molecule has 1 aliphatic rings. The number of fused-ring (bicyclic) bond motifs is 1. The Morgan fingerprint density at radius 2 is 1.96 bits per heavy atom. The van der Waals surface area contributed by atoms with Crippen molar-refractivity contribution in [2.45, 2.75) is 19.9 Å². The Kier molecular flexibility index (Phi) is 4.53. The monoisotopic (exact) mass is 330 g/mol. The fourth-order valence-electron chi connectivity index (χ4n) is 3.10. The van der Waals surface area contributed by atoms with E-state index in [1.807, 2.05) is 19.1 Å². The van der Waals surface area contributed by atoms with Crippen molar-refractivity contribution in [3.05, 3.63) is 34.4 Å². The van der Waals surface area contributed by atoms with Gasteiger partial charge in [-0.15, -0.1) is 0 Å². The van der Waals surface area contributed by atoms with E-state index in [9.17, 15) is 9.59 Å². The maximum Gasteiger partial charge on any atom is 0.348 e. The van der Waals surface area contributed by atoms with Crippen molar-refractivity contribution in [2.75, 3.05) is 38.1 Å². The van der Waals surface area contributed by atoms with Gasteiger partial charge >= 0.3 is 11.7 Å². The van der Waals surface area contributed by atoms with Crippen molar-refractivity contribution in [3.63, 3.8) is 0 Å². The van der Waals surface area contributed by atoms with Crippen LogP contribution < -0.4 is 10.6 Å². The molecule has 1 aromatic heterocycles. The zero-order valence-electron chi connectivity index (χ0n) is 14.0. The maximum atomic E-state index is 12.1. The summed E-state index contributed by atoms with van der Waals surface area (Å²) in [5, 5.41) is 9.78. The molecular formula is C17H22N4O3. The van der Waals surface area contributed by atoms with Gasteiger partial charge in [0, 0.05) is 43.8 Å². The predicted octanol–water partition coefficient (Wildman–Crippen LogP) is 0.931.